The third kappa shape index (κ3) is 2.87. The Morgan fingerprint density at radius 2 is 2.19 bits per heavy atom. The van der Waals surface area contributed by atoms with Crippen LogP contribution in [0.1, 0.15) is 0 Å². The normalized spacial score (nSPS) is 11.9. The summed E-state index contributed by atoms with van der Waals surface area (Å²) in [5, 5.41) is 3.32. The largest absolute Gasteiger partial charge is 0.333 e. The number of benzene rings is 1. The number of hydrazone groups is 1. The van der Waals surface area contributed by atoms with Crippen LogP contribution < -0.4 is 10.7 Å². The van der Waals surface area contributed by atoms with Gasteiger partial charge in [-0.3, -0.25) is 4.55 Å². The van der Waals surface area contributed by atoms with Gasteiger partial charge in [-0.25, -0.2) is 0 Å². The van der Waals surface area contributed by atoms with Crippen LogP contribution in [-0.4, -0.2) is 26.4 Å². The molecule has 0 saturated carbocycles. The lowest BCUT2D eigenvalue weighted by molar-refractivity contribution is 0.483. The van der Waals surface area contributed by atoms with E-state index in [1.165, 1.54) is 24.5 Å². The van der Waals surface area contributed by atoms with Crippen molar-refractivity contribution in [2.75, 3.05) is 11.9 Å². The minimum Gasteiger partial charge on any atom is -0.333 e. The Morgan fingerprint density at radius 3 is 2.62 bits per heavy atom. The van der Waals surface area contributed by atoms with Crippen molar-refractivity contribution >= 4 is 34.8 Å². The molecule has 0 aliphatic heterocycles. The fourth-order valence-corrected chi connectivity index (χ4v) is 2.09. The Balaban J connectivity index is 3.20. The number of rotatable bonds is 3. The molecule has 0 aliphatic rings. The van der Waals surface area contributed by atoms with Gasteiger partial charge >= 0.3 is 0 Å². The minimum atomic E-state index is -4.21. The molecule has 0 fully saturated rings. The van der Waals surface area contributed by atoms with Gasteiger partial charge in [0.2, 0.25) is 0 Å². The maximum absolute atomic E-state index is 10.9. The van der Waals surface area contributed by atoms with Crippen LogP contribution in [0.25, 0.3) is 0 Å². The molecular weight excluding hydrogens is 250 g/mol. The molecule has 0 unspecified atom stereocenters. The van der Waals surface area contributed by atoms with E-state index in [-0.39, 0.29) is 4.90 Å². The van der Waals surface area contributed by atoms with Gasteiger partial charge in [0, 0.05) is 11.9 Å². The van der Waals surface area contributed by atoms with E-state index in [1.54, 1.807) is 11.9 Å². The predicted molar refractivity (Wildman–Crippen MR) is 64.6 cm³/mol. The minimum absolute atomic E-state index is 0.209. The van der Waals surface area contributed by atoms with Gasteiger partial charge in [0.1, 0.15) is 6.34 Å². The van der Waals surface area contributed by atoms with Crippen molar-refractivity contribution in [2.45, 2.75) is 9.79 Å². The van der Waals surface area contributed by atoms with Crippen LogP contribution >= 0.6 is 12.6 Å². The van der Waals surface area contributed by atoms with Crippen molar-refractivity contribution in [1.82, 2.24) is 0 Å². The first-order valence-electron chi connectivity index (χ1n) is 4.13. The molecule has 0 atom stereocenters. The Morgan fingerprint density at radius 1 is 1.56 bits per heavy atom. The van der Waals surface area contributed by atoms with E-state index in [0.29, 0.717) is 10.6 Å². The van der Waals surface area contributed by atoms with Crippen molar-refractivity contribution in [2.24, 2.45) is 10.9 Å². The molecule has 1 aromatic rings. The van der Waals surface area contributed by atoms with Gasteiger partial charge in [-0.1, -0.05) is 0 Å². The highest BCUT2D eigenvalue weighted by Gasteiger charge is 2.12. The monoisotopic (exact) mass is 261 g/mol. The van der Waals surface area contributed by atoms with Crippen molar-refractivity contribution in [1.29, 1.82) is 0 Å². The molecule has 0 aliphatic carbocycles. The Bertz CT molecular complexity index is 513. The molecule has 3 N–H and O–H groups in total. The van der Waals surface area contributed by atoms with Crippen LogP contribution in [0, 0.1) is 0 Å². The lowest BCUT2D eigenvalue weighted by atomic mass is 10.3. The molecule has 6 nitrogen and oxygen atoms in total. The fourth-order valence-electron chi connectivity index (χ4n) is 1.12. The standard InChI is InChI=1S/C8H11N3O3S2/c1-11(5-10-9)7-3-2-6(4-8(7)15)16(12,13)14/h2-5,15H,9H2,1H3,(H,12,13,14). The van der Waals surface area contributed by atoms with Gasteiger partial charge in [0.15, 0.2) is 0 Å². The summed E-state index contributed by atoms with van der Waals surface area (Å²) < 4.78 is 30.5. The first-order chi connectivity index (χ1) is 7.36. The van der Waals surface area contributed by atoms with Gasteiger partial charge < -0.3 is 10.7 Å². The molecule has 8 heteroatoms. The van der Waals surface area contributed by atoms with E-state index in [4.69, 9.17) is 10.4 Å². The second-order valence-electron chi connectivity index (χ2n) is 3.00. The maximum atomic E-state index is 10.9. The third-order valence-corrected chi connectivity index (χ3v) is 3.07. The second kappa shape index (κ2) is 4.73. The number of hydrogen-bond donors (Lipinski definition) is 3. The van der Waals surface area contributed by atoms with Crippen LogP contribution in [0.15, 0.2) is 33.1 Å². The molecule has 1 rings (SSSR count). The first kappa shape index (κ1) is 12.8. The molecule has 0 saturated heterocycles. The molecule has 88 valence electrons. The van der Waals surface area contributed by atoms with E-state index in [9.17, 15) is 8.42 Å². The van der Waals surface area contributed by atoms with Gasteiger partial charge in [-0.2, -0.15) is 13.5 Å². The Hall–Kier alpha value is -1.25. The molecule has 1 aromatic carbocycles. The summed E-state index contributed by atoms with van der Waals surface area (Å²) in [5.41, 5.74) is 0.616. The highest BCUT2D eigenvalue weighted by molar-refractivity contribution is 7.86. The van der Waals surface area contributed by atoms with E-state index >= 15 is 0 Å². The molecule has 0 spiro atoms. The molecule has 0 aromatic heterocycles. The van der Waals surface area contributed by atoms with Crippen LogP contribution in [-0.2, 0) is 10.1 Å². The maximum Gasteiger partial charge on any atom is 0.294 e. The van der Waals surface area contributed by atoms with Crippen LogP contribution in [0.4, 0.5) is 5.69 Å². The SMILES string of the molecule is CN(C=NN)c1ccc(S(=O)(=O)O)cc1S. The van der Waals surface area contributed by atoms with E-state index < -0.39 is 10.1 Å². The summed E-state index contributed by atoms with van der Waals surface area (Å²) >= 11 is 4.11. The predicted octanol–water partition coefficient (Wildman–Crippen LogP) is 0.560. The molecule has 0 bridgehead atoms. The highest BCUT2D eigenvalue weighted by atomic mass is 32.2. The average molecular weight is 261 g/mol. The third-order valence-electron chi connectivity index (χ3n) is 1.86. The zero-order chi connectivity index (χ0) is 12.3. The zero-order valence-electron chi connectivity index (χ0n) is 8.40. The highest BCUT2D eigenvalue weighted by Crippen LogP contribution is 2.25. The Kier molecular flexibility index (Phi) is 3.79. The fraction of sp³-hybridized carbons (Fsp3) is 0.125. The van der Waals surface area contributed by atoms with Gasteiger partial charge in [0.25, 0.3) is 10.1 Å². The summed E-state index contributed by atoms with van der Waals surface area (Å²) in [6.45, 7) is 0. The lowest BCUT2D eigenvalue weighted by Gasteiger charge is -2.15. The van der Waals surface area contributed by atoms with Crippen LogP contribution in [0.2, 0.25) is 0 Å². The van der Waals surface area contributed by atoms with Crippen LogP contribution in [0.3, 0.4) is 0 Å². The quantitative estimate of drug-likeness (QED) is 0.184. The van der Waals surface area contributed by atoms with E-state index in [1.807, 2.05) is 0 Å². The first-order valence-corrected chi connectivity index (χ1v) is 6.01. The molecular formula is C8H11N3O3S2. The second-order valence-corrected chi connectivity index (χ2v) is 4.90. The van der Waals surface area contributed by atoms with Crippen LogP contribution in [0.5, 0.6) is 0 Å². The molecule has 0 heterocycles. The average Bonchev–Trinajstić information content (AvgIpc) is 2.16. The van der Waals surface area contributed by atoms with Gasteiger partial charge in [-0.05, 0) is 18.2 Å². The lowest BCUT2D eigenvalue weighted by Crippen LogP contribution is -2.16. The number of thiol groups is 1. The number of hydrogen-bond acceptors (Lipinski definition) is 5. The van der Waals surface area contributed by atoms with Gasteiger partial charge in [-0.15, -0.1) is 12.6 Å². The summed E-state index contributed by atoms with van der Waals surface area (Å²) in [4.78, 5) is 1.74. The zero-order valence-corrected chi connectivity index (χ0v) is 10.1. The van der Waals surface area contributed by atoms with Gasteiger partial charge in [0.05, 0.1) is 10.6 Å². The summed E-state index contributed by atoms with van der Waals surface area (Å²) in [5.74, 6) is 4.98. The molecule has 16 heavy (non-hydrogen) atoms. The van der Waals surface area contributed by atoms with Crippen molar-refractivity contribution in [3.8, 4) is 0 Å². The molecule has 0 radical (unpaired) electrons. The smallest absolute Gasteiger partial charge is 0.294 e. The number of anilines is 1. The van der Waals surface area contributed by atoms with Crippen molar-refractivity contribution < 1.29 is 13.0 Å². The number of nitrogens with two attached hydrogens (primary N) is 1. The van der Waals surface area contributed by atoms with Crippen molar-refractivity contribution in [3.63, 3.8) is 0 Å². The number of nitrogens with zero attached hydrogens (tertiary/aromatic N) is 2. The summed E-state index contributed by atoms with van der Waals surface area (Å²) in [6, 6.07) is 4.01. The van der Waals surface area contributed by atoms with E-state index in [2.05, 4.69) is 17.7 Å². The molecule has 0 amide bonds. The summed E-state index contributed by atoms with van der Waals surface area (Å²) in [6.07, 6.45) is 1.35. The summed E-state index contributed by atoms with van der Waals surface area (Å²) in [7, 11) is -2.53. The van der Waals surface area contributed by atoms with E-state index in [0.717, 1.165) is 0 Å². The Labute approximate surface area is 98.9 Å². The van der Waals surface area contributed by atoms with Crippen molar-refractivity contribution in [3.05, 3.63) is 18.2 Å². The topological polar surface area (TPSA) is 96.0 Å².